The molecule has 1 N–H and O–H groups in total. The van der Waals surface area contributed by atoms with Gasteiger partial charge in [0.1, 0.15) is 5.75 Å². The number of likely N-dealkylation sites (N-methyl/N-ethyl adjacent to an activating group) is 1. The number of hydrogen-bond acceptors (Lipinski definition) is 5. The Bertz CT molecular complexity index is 1010. The fraction of sp³-hybridized carbons (Fsp3) is 0.227. The molecule has 29 heavy (non-hydrogen) atoms. The second-order valence-corrected chi connectivity index (χ2v) is 7.70. The summed E-state index contributed by atoms with van der Waals surface area (Å²) < 4.78 is 5.62. The molecule has 1 aliphatic rings. The summed E-state index contributed by atoms with van der Waals surface area (Å²) in [5.41, 5.74) is 3.85. The minimum atomic E-state index is -0.232. The van der Waals surface area contributed by atoms with Gasteiger partial charge in [0.15, 0.2) is 11.8 Å². The van der Waals surface area contributed by atoms with Gasteiger partial charge in [0.2, 0.25) is 0 Å². The summed E-state index contributed by atoms with van der Waals surface area (Å²) in [6, 6.07) is 13.0. The van der Waals surface area contributed by atoms with Gasteiger partial charge in [-0.1, -0.05) is 18.2 Å². The molecule has 0 bridgehead atoms. The summed E-state index contributed by atoms with van der Waals surface area (Å²) >= 11 is 1.33. The second-order valence-electron chi connectivity index (χ2n) is 6.69. The Morgan fingerprint density at radius 1 is 1.21 bits per heavy atom. The van der Waals surface area contributed by atoms with Crippen molar-refractivity contribution in [1.29, 1.82) is 0 Å². The normalized spacial score (nSPS) is 16.6. The number of carbonyl (C=O) groups is 2. The molecule has 1 fully saturated rings. The molecule has 0 unspecified atom stereocenters. The number of ether oxygens (including phenoxy) is 1. The first-order chi connectivity index (χ1) is 13.9. The van der Waals surface area contributed by atoms with E-state index in [0.29, 0.717) is 15.8 Å². The highest BCUT2D eigenvalue weighted by molar-refractivity contribution is 8.18. The minimum absolute atomic E-state index is 0.0882. The highest BCUT2D eigenvalue weighted by Crippen LogP contribution is 2.31. The lowest BCUT2D eigenvalue weighted by molar-refractivity contribution is -0.121. The molecule has 1 aliphatic heterocycles. The van der Waals surface area contributed by atoms with Gasteiger partial charge in [-0.25, -0.2) is 0 Å². The van der Waals surface area contributed by atoms with E-state index in [0.717, 1.165) is 16.8 Å². The van der Waals surface area contributed by atoms with Crippen LogP contribution in [0.5, 0.6) is 5.75 Å². The summed E-state index contributed by atoms with van der Waals surface area (Å²) in [6.07, 6.45) is 1.80. The molecule has 1 saturated heterocycles. The average Bonchev–Trinajstić information content (AvgIpc) is 2.97. The van der Waals surface area contributed by atoms with E-state index in [9.17, 15) is 9.59 Å². The third-order valence-corrected chi connectivity index (χ3v) is 5.66. The number of amidine groups is 1. The van der Waals surface area contributed by atoms with Gasteiger partial charge in [0, 0.05) is 19.8 Å². The topological polar surface area (TPSA) is 71.0 Å². The summed E-state index contributed by atoms with van der Waals surface area (Å²) in [4.78, 5) is 30.7. The Morgan fingerprint density at radius 3 is 2.69 bits per heavy atom. The first-order valence-corrected chi connectivity index (χ1v) is 9.93. The number of benzene rings is 2. The van der Waals surface area contributed by atoms with Crippen LogP contribution < -0.4 is 10.1 Å². The Kier molecular flexibility index (Phi) is 6.39. The van der Waals surface area contributed by atoms with Crippen molar-refractivity contribution in [1.82, 2.24) is 4.90 Å². The van der Waals surface area contributed by atoms with Crippen LogP contribution in [0.1, 0.15) is 16.7 Å². The quantitative estimate of drug-likeness (QED) is 0.762. The van der Waals surface area contributed by atoms with Crippen molar-refractivity contribution in [2.24, 2.45) is 4.99 Å². The average molecular weight is 410 g/mol. The lowest BCUT2D eigenvalue weighted by Gasteiger charge is -2.09. The van der Waals surface area contributed by atoms with Crippen LogP contribution in [0.4, 0.5) is 5.69 Å². The first-order valence-electron chi connectivity index (χ1n) is 9.11. The standard InChI is InChI=1S/C22H23N3O3S/c1-14-8-9-17(10-15(14)2)24-20(26)13-28-18-7-5-6-16(11-18)12-19-21(27)25(4)22(23-3)29-19/h5-12H,13H2,1-4H3,(H,24,26)/b19-12-,23-22?. The largest absolute Gasteiger partial charge is 0.484 e. The lowest BCUT2D eigenvalue weighted by Crippen LogP contribution is -2.23. The predicted octanol–water partition coefficient (Wildman–Crippen LogP) is 3.85. The monoisotopic (exact) mass is 409 g/mol. The maximum atomic E-state index is 12.3. The molecule has 3 rings (SSSR count). The van der Waals surface area contributed by atoms with E-state index in [1.54, 1.807) is 32.3 Å². The smallest absolute Gasteiger partial charge is 0.266 e. The number of thioether (sulfide) groups is 1. The Labute approximate surface area is 174 Å². The molecule has 2 aromatic rings. The zero-order chi connectivity index (χ0) is 21.0. The van der Waals surface area contributed by atoms with Crippen molar-refractivity contribution in [2.75, 3.05) is 26.0 Å². The molecule has 0 atom stereocenters. The van der Waals surface area contributed by atoms with E-state index >= 15 is 0 Å². The molecule has 2 amide bonds. The van der Waals surface area contributed by atoms with E-state index in [-0.39, 0.29) is 18.4 Å². The number of hydrogen-bond donors (Lipinski definition) is 1. The van der Waals surface area contributed by atoms with Crippen molar-refractivity contribution >= 4 is 40.5 Å². The number of aliphatic imine (C=N–C) groups is 1. The molecule has 0 spiro atoms. The third-order valence-electron chi connectivity index (χ3n) is 4.51. The Morgan fingerprint density at radius 2 is 2.00 bits per heavy atom. The number of nitrogens with zero attached hydrogens (tertiary/aromatic N) is 2. The Balaban J connectivity index is 1.63. The number of aryl methyl sites for hydroxylation is 2. The molecule has 1 heterocycles. The maximum Gasteiger partial charge on any atom is 0.266 e. The van der Waals surface area contributed by atoms with Gasteiger partial charge in [-0.15, -0.1) is 0 Å². The van der Waals surface area contributed by atoms with Gasteiger partial charge in [0.25, 0.3) is 11.8 Å². The number of rotatable bonds is 5. The summed E-state index contributed by atoms with van der Waals surface area (Å²) in [5, 5.41) is 3.50. The van der Waals surface area contributed by atoms with Crippen molar-refractivity contribution in [3.63, 3.8) is 0 Å². The van der Waals surface area contributed by atoms with Crippen molar-refractivity contribution < 1.29 is 14.3 Å². The molecular weight excluding hydrogens is 386 g/mol. The summed E-state index contributed by atoms with van der Waals surface area (Å²) in [6.45, 7) is 3.93. The van der Waals surface area contributed by atoms with Gasteiger partial charge in [0.05, 0.1) is 4.91 Å². The van der Waals surface area contributed by atoms with Gasteiger partial charge in [-0.3, -0.25) is 19.5 Å². The lowest BCUT2D eigenvalue weighted by atomic mass is 10.1. The Hall–Kier alpha value is -3.06. The van der Waals surface area contributed by atoms with E-state index < -0.39 is 0 Å². The SMILES string of the molecule is CN=C1S/C(=C\c2cccc(OCC(=O)Nc3ccc(C)c(C)c3)c2)C(=O)N1C. The highest BCUT2D eigenvalue weighted by atomic mass is 32.2. The molecule has 0 radical (unpaired) electrons. The molecule has 6 nitrogen and oxygen atoms in total. The van der Waals surface area contributed by atoms with E-state index in [4.69, 9.17) is 4.74 Å². The molecule has 0 aliphatic carbocycles. The van der Waals surface area contributed by atoms with Crippen LogP contribution in [-0.2, 0) is 9.59 Å². The minimum Gasteiger partial charge on any atom is -0.484 e. The van der Waals surface area contributed by atoms with Crippen LogP contribution in [-0.4, -0.2) is 42.6 Å². The van der Waals surface area contributed by atoms with Crippen molar-refractivity contribution in [2.45, 2.75) is 13.8 Å². The number of carbonyl (C=O) groups excluding carboxylic acids is 2. The zero-order valence-corrected chi connectivity index (χ0v) is 17.7. The van der Waals surface area contributed by atoms with Crippen LogP contribution in [0.25, 0.3) is 6.08 Å². The fourth-order valence-corrected chi connectivity index (χ4v) is 3.69. The maximum absolute atomic E-state index is 12.3. The summed E-state index contributed by atoms with van der Waals surface area (Å²) in [7, 11) is 3.36. The van der Waals surface area contributed by atoms with E-state index in [1.165, 1.54) is 22.2 Å². The number of nitrogens with one attached hydrogen (secondary N) is 1. The predicted molar refractivity (Wildman–Crippen MR) is 118 cm³/mol. The van der Waals surface area contributed by atoms with Crippen LogP contribution in [0.2, 0.25) is 0 Å². The molecular formula is C22H23N3O3S. The number of anilines is 1. The fourth-order valence-electron chi connectivity index (χ4n) is 2.76. The van der Waals surface area contributed by atoms with Gasteiger partial charge in [-0.05, 0) is 72.6 Å². The zero-order valence-electron chi connectivity index (χ0n) is 16.9. The van der Waals surface area contributed by atoms with Crippen molar-refractivity contribution in [3.05, 3.63) is 64.1 Å². The molecule has 150 valence electrons. The molecule has 0 saturated carbocycles. The van der Waals surface area contributed by atoms with E-state index in [1.807, 2.05) is 44.2 Å². The van der Waals surface area contributed by atoms with Crippen molar-refractivity contribution in [3.8, 4) is 5.75 Å². The van der Waals surface area contributed by atoms with E-state index in [2.05, 4.69) is 10.3 Å². The molecule has 0 aromatic heterocycles. The van der Waals surface area contributed by atoms with Crippen LogP contribution in [0.15, 0.2) is 52.4 Å². The molecule has 7 heteroatoms. The molecule has 2 aromatic carbocycles. The van der Waals surface area contributed by atoms with Gasteiger partial charge < -0.3 is 10.1 Å². The van der Waals surface area contributed by atoms with Gasteiger partial charge >= 0.3 is 0 Å². The van der Waals surface area contributed by atoms with Crippen LogP contribution >= 0.6 is 11.8 Å². The second kappa shape index (κ2) is 8.96. The summed E-state index contributed by atoms with van der Waals surface area (Å²) in [5.74, 6) is 0.237. The third kappa shape index (κ3) is 5.06. The first kappa shape index (κ1) is 20.7. The van der Waals surface area contributed by atoms with Crippen LogP contribution in [0.3, 0.4) is 0 Å². The van der Waals surface area contributed by atoms with Gasteiger partial charge in [-0.2, -0.15) is 0 Å². The highest BCUT2D eigenvalue weighted by Gasteiger charge is 2.29. The van der Waals surface area contributed by atoms with Crippen LogP contribution in [0, 0.1) is 13.8 Å². The number of amides is 2.